The lowest BCUT2D eigenvalue weighted by molar-refractivity contribution is 0.460. The zero-order valence-corrected chi connectivity index (χ0v) is 8.93. The number of aromatic nitrogens is 2. The van der Waals surface area contributed by atoms with Crippen LogP contribution in [0.25, 0.3) is 0 Å². The van der Waals surface area contributed by atoms with Crippen LogP contribution < -0.4 is 10.3 Å². The number of hydrogen-bond acceptors (Lipinski definition) is 3. The fraction of sp³-hybridized carbons (Fsp3) is 0.167. The lowest BCUT2D eigenvalue weighted by atomic mass is 10.2. The number of nitrogens with zero attached hydrogens (tertiary/aromatic N) is 1. The number of aryl methyl sites for hydroxylation is 1. The molecule has 4 heteroatoms. The fourth-order valence-corrected chi connectivity index (χ4v) is 1.32. The van der Waals surface area contributed by atoms with Crippen molar-refractivity contribution in [3.05, 3.63) is 52.6 Å². The van der Waals surface area contributed by atoms with Gasteiger partial charge in [0.25, 0.3) is 5.56 Å². The monoisotopic (exact) mass is 216 g/mol. The minimum atomic E-state index is -0.227. The molecule has 0 aliphatic heterocycles. The number of hydrogen-bond donors (Lipinski definition) is 1. The highest BCUT2D eigenvalue weighted by Gasteiger charge is 1.98. The van der Waals surface area contributed by atoms with E-state index in [1.54, 1.807) is 0 Å². The van der Waals surface area contributed by atoms with Gasteiger partial charge in [-0.2, -0.15) is 0 Å². The third-order valence-corrected chi connectivity index (χ3v) is 2.21. The Morgan fingerprint density at radius 2 is 2.06 bits per heavy atom. The van der Waals surface area contributed by atoms with Gasteiger partial charge in [-0.15, -0.1) is 0 Å². The molecule has 0 amide bonds. The molecule has 0 unspecified atom stereocenters. The van der Waals surface area contributed by atoms with Crippen molar-refractivity contribution in [3.8, 4) is 11.6 Å². The summed E-state index contributed by atoms with van der Waals surface area (Å²) < 4.78 is 5.43. The zero-order valence-electron chi connectivity index (χ0n) is 8.93. The SMILES string of the molecule is CCc1ccc(Oc2cc(=O)[nH]cn2)cc1. The third-order valence-electron chi connectivity index (χ3n) is 2.21. The van der Waals surface area contributed by atoms with Crippen LogP contribution in [0.5, 0.6) is 11.6 Å². The number of rotatable bonds is 3. The summed E-state index contributed by atoms with van der Waals surface area (Å²) in [7, 11) is 0. The van der Waals surface area contributed by atoms with Crippen molar-refractivity contribution in [2.24, 2.45) is 0 Å². The van der Waals surface area contributed by atoms with Crippen LogP contribution in [-0.4, -0.2) is 9.97 Å². The molecule has 16 heavy (non-hydrogen) atoms. The molecule has 1 aromatic heterocycles. The molecular formula is C12H12N2O2. The normalized spacial score (nSPS) is 10.1. The van der Waals surface area contributed by atoms with Crippen LogP contribution in [0.2, 0.25) is 0 Å². The van der Waals surface area contributed by atoms with E-state index in [1.807, 2.05) is 24.3 Å². The molecule has 0 aliphatic rings. The van der Waals surface area contributed by atoms with Crippen molar-refractivity contribution in [1.29, 1.82) is 0 Å². The van der Waals surface area contributed by atoms with Crippen LogP contribution in [0.1, 0.15) is 12.5 Å². The predicted octanol–water partition coefficient (Wildman–Crippen LogP) is 2.12. The highest BCUT2D eigenvalue weighted by Crippen LogP contribution is 2.18. The van der Waals surface area contributed by atoms with Gasteiger partial charge >= 0.3 is 0 Å². The largest absolute Gasteiger partial charge is 0.439 e. The maximum Gasteiger partial charge on any atom is 0.254 e. The van der Waals surface area contributed by atoms with E-state index in [1.165, 1.54) is 18.0 Å². The standard InChI is InChI=1S/C12H12N2O2/c1-2-9-3-5-10(6-4-9)16-12-7-11(15)13-8-14-12/h3-8H,2H2,1H3,(H,13,14,15). The van der Waals surface area contributed by atoms with Crippen molar-refractivity contribution in [1.82, 2.24) is 9.97 Å². The van der Waals surface area contributed by atoms with Gasteiger partial charge in [-0.3, -0.25) is 4.79 Å². The van der Waals surface area contributed by atoms with Gasteiger partial charge in [0, 0.05) is 0 Å². The van der Waals surface area contributed by atoms with Gasteiger partial charge in [0.15, 0.2) is 0 Å². The molecule has 0 radical (unpaired) electrons. The molecule has 0 saturated carbocycles. The van der Waals surface area contributed by atoms with Crippen molar-refractivity contribution >= 4 is 0 Å². The average molecular weight is 216 g/mol. The molecule has 82 valence electrons. The Kier molecular flexibility index (Phi) is 3.00. The molecule has 2 aromatic rings. The van der Waals surface area contributed by atoms with Crippen LogP contribution in [0, 0.1) is 0 Å². The second-order valence-electron chi connectivity index (χ2n) is 3.35. The average Bonchev–Trinajstić information content (AvgIpc) is 2.30. The van der Waals surface area contributed by atoms with Crippen LogP contribution in [0.3, 0.4) is 0 Å². The molecule has 1 aromatic carbocycles. The van der Waals surface area contributed by atoms with Crippen molar-refractivity contribution in [3.63, 3.8) is 0 Å². The zero-order chi connectivity index (χ0) is 11.4. The van der Waals surface area contributed by atoms with E-state index in [0.29, 0.717) is 11.6 Å². The van der Waals surface area contributed by atoms with E-state index in [9.17, 15) is 4.79 Å². The van der Waals surface area contributed by atoms with Gasteiger partial charge in [-0.25, -0.2) is 4.98 Å². The number of aromatic amines is 1. The Hall–Kier alpha value is -2.10. The van der Waals surface area contributed by atoms with Gasteiger partial charge < -0.3 is 9.72 Å². The predicted molar refractivity (Wildman–Crippen MR) is 60.8 cm³/mol. The van der Waals surface area contributed by atoms with E-state index in [2.05, 4.69) is 16.9 Å². The maximum absolute atomic E-state index is 11.0. The van der Waals surface area contributed by atoms with E-state index in [-0.39, 0.29) is 5.56 Å². The Morgan fingerprint density at radius 3 is 2.69 bits per heavy atom. The first-order valence-electron chi connectivity index (χ1n) is 5.09. The summed E-state index contributed by atoms with van der Waals surface area (Å²) in [6.07, 6.45) is 2.31. The van der Waals surface area contributed by atoms with E-state index in [0.717, 1.165) is 6.42 Å². The molecule has 2 rings (SSSR count). The minimum Gasteiger partial charge on any atom is -0.439 e. The number of benzene rings is 1. The van der Waals surface area contributed by atoms with Gasteiger partial charge in [0.2, 0.25) is 5.88 Å². The first-order chi connectivity index (χ1) is 7.78. The number of ether oxygens (including phenoxy) is 1. The van der Waals surface area contributed by atoms with Gasteiger partial charge in [-0.05, 0) is 24.1 Å². The summed E-state index contributed by atoms with van der Waals surface area (Å²) in [6, 6.07) is 9.02. The third kappa shape index (κ3) is 2.48. The summed E-state index contributed by atoms with van der Waals surface area (Å²) in [6.45, 7) is 2.09. The second-order valence-corrected chi connectivity index (χ2v) is 3.35. The molecule has 0 bridgehead atoms. The first-order valence-corrected chi connectivity index (χ1v) is 5.09. The van der Waals surface area contributed by atoms with Crippen LogP contribution in [0.4, 0.5) is 0 Å². The Labute approximate surface area is 92.9 Å². The van der Waals surface area contributed by atoms with Gasteiger partial charge in [0.1, 0.15) is 5.75 Å². The van der Waals surface area contributed by atoms with Crippen molar-refractivity contribution in [2.75, 3.05) is 0 Å². The number of nitrogens with one attached hydrogen (secondary N) is 1. The molecule has 0 atom stereocenters. The number of H-pyrrole nitrogens is 1. The summed E-state index contributed by atoms with van der Waals surface area (Å²) >= 11 is 0. The van der Waals surface area contributed by atoms with Crippen molar-refractivity contribution < 1.29 is 4.74 Å². The smallest absolute Gasteiger partial charge is 0.254 e. The van der Waals surface area contributed by atoms with Crippen LogP contribution in [0.15, 0.2) is 41.5 Å². The molecule has 1 N–H and O–H groups in total. The second kappa shape index (κ2) is 4.61. The summed E-state index contributed by atoms with van der Waals surface area (Å²) in [4.78, 5) is 17.3. The summed E-state index contributed by atoms with van der Waals surface area (Å²) in [5.74, 6) is 0.975. The Morgan fingerprint density at radius 1 is 1.31 bits per heavy atom. The molecular weight excluding hydrogens is 204 g/mol. The fourth-order valence-electron chi connectivity index (χ4n) is 1.32. The Bertz CT molecular complexity index is 517. The molecule has 4 nitrogen and oxygen atoms in total. The van der Waals surface area contributed by atoms with E-state index >= 15 is 0 Å². The molecule has 0 saturated heterocycles. The van der Waals surface area contributed by atoms with Crippen LogP contribution in [-0.2, 0) is 6.42 Å². The summed E-state index contributed by atoms with van der Waals surface area (Å²) in [5, 5.41) is 0. The molecule has 1 heterocycles. The van der Waals surface area contributed by atoms with E-state index in [4.69, 9.17) is 4.74 Å². The van der Waals surface area contributed by atoms with Gasteiger partial charge in [-0.1, -0.05) is 19.1 Å². The maximum atomic E-state index is 11.0. The van der Waals surface area contributed by atoms with Gasteiger partial charge in [0.05, 0.1) is 12.4 Å². The molecule has 0 fully saturated rings. The topological polar surface area (TPSA) is 55.0 Å². The first kappa shape index (κ1) is 10.4. The highest BCUT2D eigenvalue weighted by molar-refractivity contribution is 5.29. The van der Waals surface area contributed by atoms with Crippen molar-refractivity contribution in [2.45, 2.75) is 13.3 Å². The van der Waals surface area contributed by atoms with Crippen LogP contribution >= 0.6 is 0 Å². The highest BCUT2D eigenvalue weighted by atomic mass is 16.5. The van der Waals surface area contributed by atoms with E-state index < -0.39 is 0 Å². The lowest BCUT2D eigenvalue weighted by Gasteiger charge is -2.04. The molecule has 0 aliphatic carbocycles. The quantitative estimate of drug-likeness (QED) is 0.855. The minimum absolute atomic E-state index is 0.227. The molecule has 0 spiro atoms. The lowest BCUT2D eigenvalue weighted by Crippen LogP contribution is -2.04. The summed E-state index contributed by atoms with van der Waals surface area (Å²) in [5.41, 5.74) is 1.02. The Balaban J connectivity index is 2.17.